The number of hydrogen-bond acceptors (Lipinski definition) is 7. The number of amides is 1. The van der Waals surface area contributed by atoms with Gasteiger partial charge in [-0.1, -0.05) is 11.6 Å². The lowest BCUT2D eigenvalue weighted by Crippen LogP contribution is -2.28. The highest BCUT2D eigenvalue weighted by Gasteiger charge is 2.32. The van der Waals surface area contributed by atoms with Gasteiger partial charge in [-0.3, -0.25) is 4.79 Å². The molecule has 156 valence electrons. The maximum atomic E-state index is 13.0. The fourth-order valence-corrected chi connectivity index (χ4v) is 4.22. The summed E-state index contributed by atoms with van der Waals surface area (Å²) in [7, 11) is 1.54. The minimum absolute atomic E-state index is 0.0811. The second-order valence-corrected chi connectivity index (χ2v) is 9.01. The first kappa shape index (κ1) is 20.6. The Morgan fingerprint density at radius 3 is 2.60 bits per heavy atom. The minimum Gasteiger partial charge on any atom is -0.493 e. The number of benzene rings is 1. The third kappa shape index (κ3) is 4.12. The van der Waals surface area contributed by atoms with Crippen LogP contribution in [0.25, 0.3) is 10.7 Å². The van der Waals surface area contributed by atoms with E-state index in [1.165, 1.54) is 30.8 Å². The van der Waals surface area contributed by atoms with Crippen LogP contribution in [-0.2, 0) is 6.54 Å². The van der Waals surface area contributed by atoms with Crippen LogP contribution < -0.4 is 14.4 Å². The number of ether oxygens (including phenoxy) is 2. The van der Waals surface area contributed by atoms with Gasteiger partial charge in [0.05, 0.1) is 34.0 Å². The molecule has 1 aromatic carbocycles. The molecule has 1 N–H and O–H groups in total. The van der Waals surface area contributed by atoms with E-state index in [4.69, 9.17) is 21.1 Å². The molecule has 30 heavy (non-hydrogen) atoms. The van der Waals surface area contributed by atoms with E-state index < -0.39 is 5.60 Å². The van der Waals surface area contributed by atoms with Crippen LogP contribution in [0.3, 0.4) is 0 Å². The summed E-state index contributed by atoms with van der Waals surface area (Å²) >= 11 is 7.22. The van der Waals surface area contributed by atoms with Crippen molar-refractivity contribution in [2.75, 3.05) is 18.6 Å². The normalized spacial score (nSPS) is 13.5. The van der Waals surface area contributed by atoms with Gasteiger partial charge in [-0.05, 0) is 37.6 Å². The zero-order valence-corrected chi connectivity index (χ0v) is 18.3. The predicted molar refractivity (Wildman–Crippen MR) is 116 cm³/mol. The first-order valence-corrected chi connectivity index (χ1v) is 10.4. The van der Waals surface area contributed by atoms with Crippen molar-refractivity contribution in [2.45, 2.75) is 26.0 Å². The number of anilines is 1. The minimum atomic E-state index is -0.964. The number of thiophene rings is 1. The molecule has 1 aliphatic rings. The van der Waals surface area contributed by atoms with Crippen LogP contribution in [0.2, 0.25) is 5.02 Å². The van der Waals surface area contributed by atoms with Gasteiger partial charge in [0, 0.05) is 24.1 Å². The van der Waals surface area contributed by atoms with E-state index in [2.05, 4.69) is 9.97 Å². The summed E-state index contributed by atoms with van der Waals surface area (Å²) in [6.07, 6.45) is 3.08. The van der Waals surface area contributed by atoms with Gasteiger partial charge in [0.1, 0.15) is 6.61 Å². The van der Waals surface area contributed by atoms with Gasteiger partial charge in [0.2, 0.25) is 0 Å². The maximum absolute atomic E-state index is 13.0. The van der Waals surface area contributed by atoms with E-state index in [-0.39, 0.29) is 12.5 Å². The molecule has 9 heteroatoms. The molecule has 7 nitrogen and oxygen atoms in total. The van der Waals surface area contributed by atoms with E-state index in [1.54, 1.807) is 36.9 Å². The summed E-state index contributed by atoms with van der Waals surface area (Å²) < 4.78 is 11.1. The van der Waals surface area contributed by atoms with Crippen LogP contribution in [-0.4, -0.2) is 40.3 Å². The SMILES string of the molecule is COc1cc(N2Cc3cc(-c4ncc(Cl)cn4)sc3C2=O)ccc1OCC(C)(C)O. The van der Waals surface area contributed by atoms with Gasteiger partial charge in [-0.25, -0.2) is 9.97 Å². The number of methoxy groups -OCH3 is 1. The topological polar surface area (TPSA) is 84.8 Å². The average Bonchev–Trinajstić information content (AvgIpc) is 3.26. The first-order valence-electron chi connectivity index (χ1n) is 9.21. The zero-order valence-electron chi connectivity index (χ0n) is 16.7. The molecule has 1 amide bonds. The van der Waals surface area contributed by atoms with Crippen molar-refractivity contribution in [3.63, 3.8) is 0 Å². The van der Waals surface area contributed by atoms with Crippen molar-refractivity contribution < 1.29 is 19.4 Å². The molecule has 0 radical (unpaired) electrons. The maximum Gasteiger partial charge on any atom is 0.269 e. The van der Waals surface area contributed by atoms with E-state index in [1.807, 2.05) is 6.07 Å². The molecule has 0 fully saturated rings. The molecule has 0 bridgehead atoms. The van der Waals surface area contributed by atoms with E-state index in [0.29, 0.717) is 39.5 Å². The summed E-state index contributed by atoms with van der Waals surface area (Å²) in [5.41, 5.74) is 0.675. The largest absolute Gasteiger partial charge is 0.493 e. The fourth-order valence-electron chi connectivity index (χ4n) is 3.05. The Labute approximate surface area is 182 Å². The van der Waals surface area contributed by atoms with Crippen molar-refractivity contribution in [1.29, 1.82) is 0 Å². The zero-order chi connectivity index (χ0) is 21.5. The van der Waals surface area contributed by atoms with Crippen LogP contribution in [0.5, 0.6) is 11.5 Å². The highest BCUT2D eigenvalue weighted by Crippen LogP contribution is 2.40. The molecule has 0 atom stereocenters. The lowest BCUT2D eigenvalue weighted by atomic mass is 10.2. The molecule has 1 aliphatic heterocycles. The molecule has 0 unspecified atom stereocenters. The lowest BCUT2D eigenvalue weighted by Gasteiger charge is -2.21. The monoisotopic (exact) mass is 445 g/mol. The second-order valence-electron chi connectivity index (χ2n) is 7.52. The Morgan fingerprint density at radius 1 is 1.23 bits per heavy atom. The summed E-state index contributed by atoms with van der Waals surface area (Å²) in [6.45, 7) is 3.90. The van der Waals surface area contributed by atoms with Crippen molar-refractivity contribution >= 4 is 34.5 Å². The van der Waals surface area contributed by atoms with Crippen LogP contribution in [0.4, 0.5) is 5.69 Å². The number of carbonyl (C=O) groups is 1. The number of aromatic nitrogens is 2. The summed E-state index contributed by atoms with van der Waals surface area (Å²) in [5, 5.41) is 10.3. The third-order valence-corrected chi connectivity index (χ3v) is 5.81. The first-order chi connectivity index (χ1) is 14.2. The van der Waals surface area contributed by atoms with E-state index in [9.17, 15) is 9.90 Å². The molecular formula is C21H20ClN3O4S. The molecule has 2 aromatic heterocycles. The smallest absolute Gasteiger partial charge is 0.269 e. The van der Waals surface area contributed by atoms with Gasteiger partial charge in [-0.15, -0.1) is 11.3 Å². The molecule has 3 heterocycles. The Hall–Kier alpha value is -2.68. The molecule has 0 aliphatic carbocycles. The quantitative estimate of drug-likeness (QED) is 0.612. The Morgan fingerprint density at radius 2 is 1.97 bits per heavy atom. The lowest BCUT2D eigenvalue weighted by molar-refractivity contribution is 0.0276. The predicted octanol–water partition coefficient (Wildman–Crippen LogP) is 4.18. The van der Waals surface area contributed by atoms with Crippen LogP contribution >= 0.6 is 22.9 Å². The highest BCUT2D eigenvalue weighted by molar-refractivity contribution is 7.17. The average molecular weight is 446 g/mol. The summed E-state index contributed by atoms with van der Waals surface area (Å²) in [4.78, 5) is 24.6. The van der Waals surface area contributed by atoms with Crippen molar-refractivity contribution in [3.05, 3.63) is 52.1 Å². The number of nitrogens with zero attached hydrogens (tertiary/aromatic N) is 3. The molecule has 3 aromatic rings. The number of halogens is 1. The van der Waals surface area contributed by atoms with Crippen molar-refractivity contribution in [1.82, 2.24) is 9.97 Å². The molecule has 4 rings (SSSR count). The van der Waals surface area contributed by atoms with Crippen LogP contribution in [0.15, 0.2) is 36.7 Å². The Kier molecular flexibility index (Phi) is 5.40. The summed E-state index contributed by atoms with van der Waals surface area (Å²) in [6, 6.07) is 7.25. The Bertz CT molecular complexity index is 1090. The van der Waals surface area contributed by atoms with E-state index in [0.717, 1.165) is 10.4 Å². The van der Waals surface area contributed by atoms with E-state index >= 15 is 0 Å². The van der Waals surface area contributed by atoms with Gasteiger partial charge < -0.3 is 19.5 Å². The fraction of sp³-hybridized carbons (Fsp3) is 0.286. The van der Waals surface area contributed by atoms with Gasteiger partial charge in [0.15, 0.2) is 17.3 Å². The molecule has 0 spiro atoms. The number of fused-ring (bicyclic) bond motifs is 1. The van der Waals surface area contributed by atoms with Crippen LogP contribution in [0.1, 0.15) is 29.1 Å². The van der Waals surface area contributed by atoms with Gasteiger partial charge >= 0.3 is 0 Å². The van der Waals surface area contributed by atoms with Crippen molar-refractivity contribution in [2.24, 2.45) is 0 Å². The van der Waals surface area contributed by atoms with Crippen molar-refractivity contribution in [3.8, 4) is 22.2 Å². The van der Waals surface area contributed by atoms with Gasteiger partial charge in [0.25, 0.3) is 5.91 Å². The highest BCUT2D eigenvalue weighted by atomic mass is 35.5. The summed E-state index contributed by atoms with van der Waals surface area (Å²) in [5.74, 6) is 1.47. The second kappa shape index (κ2) is 7.86. The van der Waals surface area contributed by atoms with Crippen LogP contribution in [0, 0.1) is 0 Å². The Balaban J connectivity index is 1.55. The molecule has 0 saturated heterocycles. The molecule has 0 saturated carbocycles. The number of aliphatic hydroxyl groups is 1. The molecular weight excluding hydrogens is 426 g/mol. The number of hydrogen-bond donors (Lipinski definition) is 1. The number of carbonyl (C=O) groups excluding carboxylic acids is 1. The third-order valence-electron chi connectivity index (χ3n) is 4.46. The number of rotatable bonds is 6. The van der Waals surface area contributed by atoms with Gasteiger partial charge in [-0.2, -0.15) is 0 Å². The standard InChI is InChI=1S/C21H20ClN3O4S/c1-21(2,27)11-29-15-5-4-14(7-16(15)28-3)25-10-12-6-17(30-18(12)20(25)26)19-23-8-13(22)9-24-19/h4-9,27H,10-11H2,1-3H3.